The molecule has 0 saturated carbocycles. The lowest BCUT2D eigenvalue weighted by molar-refractivity contribution is -0.171. The first-order chi connectivity index (χ1) is 14.5. The summed E-state index contributed by atoms with van der Waals surface area (Å²) in [6, 6.07) is 16.7. The predicted molar refractivity (Wildman–Crippen MR) is 117 cm³/mol. The van der Waals surface area contributed by atoms with Gasteiger partial charge in [0.15, 0.2) is 5.60 Å². The fraction of sp³-hybridized carbons (Fsp3) is 0.280. The lowest BCUT2D eigenvalue weighted by Crippen LogP contribution is -2.68. The highest BCUT2D eigenvalue weighted by Crippen LogP contribution is 2.51. The van der Waals surface area contributed by atoms with Gasteiger partial charge in [0.05, 0.1) is 13.2 Å². The normalized spacial score (nSPS) is 22.9. The number of hydrogen-bond donors (Lipinski definition) is 1. The van der Waals surface area contributed by atoms with E-state index in [1.165, 1.54) is 11.0 Å². The average molecular weight is 405 g/mol. The van der Waals surface area contributed by atoms with Crippen LogP contribution < -0.4 is 4.90 Å². The molecule has 2 atom stereocenters. The number of allylic oxidation sites excluding steroid dienone is 1. The standard InChI is InChI=1S/C25H27NO4/c1-4-16-24(23(28)30-6-3)20-14-10-11-15-21(20)26(18-19-12-8-7-9-13-19)22(27)25(24,29)17-5-2/h4-5,7-15,29H,1-2,6,16-18H2,3H3. The van der Waals surface area contributed by atoms with Crippen molar-refractivity contribution in [2.45, 2.75) is 37.3 Å². The van der Waals surface area contributed by atoms with E-state index in [0.29, 0.717) is 11.3 Å². The summed E-state index contributed by atoms with van der Waals surface area (Å²) >= 11 is 0. The van der Waals surface area contributed by atoms with Gasteiger partial charge in [-0.15, -0.1) is 13.2 Å². The monoisotopic (exact) mass is 405 g/mol. The maximum atomic E-state index is 13.8. The number of esters is 1. The van der Waals surface area contributed by atoms with Crippen LogP contribution in [0.15, 0.2) is 79.9 Å². The number of amides is 1. The molecule has 1 aliphatic heterocycles. The molecule has 30 heavy (non-hydrogen) atoms. The number of ether oxygens (including phenoxy) is 1. The van der Waals surface area contributed by atoms with Gasteiger partial charge in [0.1, 0.15) is 5.41 Å². The molecule has 3 rings (SSSR count). The molecule has 0 radical (unpaired) electrons. The number of carbonyl (C=O) groups excluding carboxylic acids is 2. The molecule has 0 aliphatic carbocycles. The molecule has 2 unspecified atom stereocenters. The van der Waals surface area contributed by atoms with Crippen LogP contribution in [0.4, 0.5) is 5.69 Å². The maximum Gasteiger partial charge on any atom is 0.320 e. The smallest absolute Gasteiger partial charge is 0.320 e. The molecule has 0 fully saturated rings. The fourth-order valence-electron chi connectivity index (χ4n) is 4.31. The van der Waals surface area contributed by atoms with Gasteiger partial charge in [-0.05, 0) is 30.5 Å². The Labute approximate surface area is 177 Å². The quantitative estimate of drug-likeness (QED) is 0.534. The Kier molecular flexibility index (Phi) is 6.22. The van der Waals surface area contributed by atoms with Crippen molar-refractivity contribution in [2.24, 2.45) is 0 Å². The van der Waals surface area contributed by atoms with Crippen molar-refractivity contribution in [2.75, 3.05) is 11.5 Å². The number of para-hydroxylation sites is 1. The van der Waals surface area contributed by atoms with Gasteiger partial charge in [0.25, 0.3) is 5.91 Å². The van der Waals surface area contributed by atoms with Gasteiger partial charge < -0.3 is 14.7 Å². The van der Waals surface area contributed by atoms with Crippen molar-refractivity contribution in [3.05, 3.63) is 91.0 Å². The molecule has 5 nitrogen and oxygen atoms in total. The summed E-state index contributed by atoms with van der Waals surface area (Å²) in [5.41, 5.74) is -1.63. The molecular formula is C25H27NO4. The number of benzene rings is 2. The largest absolute Gasteiger partial charge is 0.465 e. The second-order valence-electron chi connectivity index (χ2n) is 7.37. The summed E-state index contributed by atoms with van der Waals surface area (Å²) in [5, 5.41) is 11.9. The molecular weight excluding hydrogens is 378 g/mol. The van der Waals surface area contributed by atoms with Crippen LogP contribution in [0.3, 0.4) is 0 Å². The molecule has 1 aliphatic rings. The first-order valence-electron chi connectivity index (χ1n) is 10.0. The topological polar surface area (TPSA) is 66.8 Å². The highest BCUT2D eigenvalue weighted by molar-refractivity contribution is 6.10. The van der Waals surface area contributed by atoms with Crippen LogP contribution in [-0.4, -0.2) is 29.2 Å². The number of nitrogens with zero attached hydrogens (tertiary/aromatic N) is 1. The van der Waals surface area contributed by atoms with E-state index in [2.05, 4.69) is 13.2 Å². The van der Waals surface area contributed by atoms with Crippen LogP contribution in [0.2, 0.25) is 0 Å². The lowest BCUT2D eigenvalue weighted by atomic mass is 9.60. The minimum atomic E-state index is -2.06. The van der Waals surface area contributed by atoms with Crippen LogP contribution in [0.1, 0.15) is 30.9 Å². The number of hydrogen-bond acceptors (Lipinski definition) is 4. The van der Waals surface area contributed by atoms with Crippen molar-refractivity contribution in [1.82, 2.24) is 0 Å². The van der Waals surface area contributed by atoms with Gasteiger partial charge in [0.2, 0.25) is 0 Å². The van der Waals surface area contributed by atoms with Crippen LogP contribution in [0.5, 0.6) is 0 Å². The van der Waals surface area contributed by atoms with Crippen molar-refractivity contribution in [3.8, 4) is 0 Å². The molecule has 1 heterocycles. The van der Waals surface area contributed by atoms with Gasteiger partial charge in [-0.3, -0.25) is 9.59 Å². The van der Waals surface area contributed by atoms with E-state index in [4.69, 9.17) is 4.74 Å². The van der Waals surface area contributed by atoms with Gasteiger partial charge in [-0.1, -0.05) is 60.7 Å². The molecule has 156 valence electrons. The third kappa shape index (κ3) is 3.25. The Hall–Kier alpha value is -3.18. The second kappa shape index (κ2) is 8.67. The van der Waals surface area contributed by atoms with E-state index < -0.39 is 22.9 Å². The number of carbonyl (C=O) groups is 2. The highest BCUT2D eigenvalue weighted by atomic mass is 16.5. The minimum Gasteiger partial charge on any atom is -0.465 e. The average Bonchev–Trinajstić information content (AvgIpc) is 2.75. The van der Waals surface area contributed by atoms with E-state index in [1.807, 2.05) is 36.4 Å². The van der Waals surface area contributed by atoms with Crippen molar-refractivity contribution in [1.29, 1.82) is 0 Å². The number of aliphatic hydroxyl groups is 1. The van der Waals surface area contributed by atoms with E-state index in [9.17, 15) is 14.7 Å². The lowest BCUT2D eigenvalue weighted by Gasteiger charge is -2.50. The van der Waals surface area contributed by atoms with Crippen molar-refractivity contribution >= 4 is 17.6 Å². The van der Waals surface area contributed by atoms with E-state index in [-0.39, 0.29) is 26.0 Å². The molecule has 0 saturated heterocycles. The first-order valence-corrected chi connectivity index (χ1v) is 10.0. The van der Waals surface area contributed by atoms with Gasteiger partial charge in [0, 0.05) is 12.1 Å². The Bertz CT molecular complexity index is 955. The molecule has 0 bridgehead atoms. The minimum absolute atomic E-state index is 0.0537. The van der Waals surface area contributed by atoms with Crippen molar-refractivity contribution in [3.63, 3.8) is 0 Å². The Morgan fingerprint density at radius 1 is 1.07 bits per heavy atom. The van der Waals surface area contributed by atoms with Crippen LogP contribution >= 0.6 is 0 Å². The molecule has 1 amide bonds. The van der Waals surface area contributed by atoms with E-state index >= 15 is 0 Å². The number of rotatable bonds is 8. The maximum absolute atomic E-state index is 13.8. The summed E-state index contributed by atoms with van der Waals surface area (Å²) in [6.07, 6.45) is 2.96. The SMILES string of the molecule is C=CCC1(O)C(=O)N(Cc2ccccc2)c2ccccc2C1(CC=C)C(=O)OCC. The second-order valence-corrected chi connectivity index (χ2v) is 7.37. The van der Waals surface area contributed by atoms with Gasteiger partial charge >= 0.3 is 5.97 Å². The third-order valence-electron chi connectivity index (χ3n) is 5.66. The predicted octanol–water partition coefficient (Wildman–Crippen LogP) is 3.92. The van der Waals surface area contributed by atoms with Crippen LogP contribution in [0.25, 0.3) is 0 Å². The van der Waals surface area contributed by atoms with Crippen LogP contribution in [-0.2, 0) is 26.3 Å². The van der Waals surface area contributed by atoms with E-state index in [0.717, 1.165) is 5.56 Å². The Balaban J connectivity index is 2.29. The molecule has 0 spiro atoms. The molecule has 5 heteroatoms. The highest BCUT2D eigenvalue weighted by Gasteiger charge is 2.65. The first kappa shape index (κ1) is 21.5. The molecule has 1 N–H and O–H groups in total. The summed E-state index contributed by atoms with van der Waals surface area (Å²) in [7, 11) is 0. The zero-order valence-electron chi connectivity index (χ0n) is 17.2. The zero-order valence-corrected chi connectivity index (χ0v) is 17.2. The van der Waals surface area contributed by atoms with Crippen LogP contribution in [0, 0.1) is 0 Å². The summed E-state index contributed by atoms with van der Waals surface area (Å²) in [4.78, 5) is 28.7. The molecule has 2 aromatic carbocycles. The number of fused-ring (bicyclic) bond motifs is 1. The zero-order chi connectivity index (χ0) is 21.8. The summed E-state index contributed by atoms with van der Waals surface area (Å²) < 4.78 is 5.39. The molecule has 0 aromatic heterocycles. The fourth-order valence-corrected chi connectivity index (χ4v) is 4.31. The Morgan fingerprint density at radius 3 is 2.33 bits per heavy atom. The Morgan fingerprint density at radius 2 is 1.70 bits per heavy atom. The molecule has 2 aromatic rings. The summed E-state index contributed by atoms with van der Waals surface area (Å²) in [6.45, 7) is 9.60. The van der Waals surface area contributed by atoms with Crippen molar-refractivity contribution < 1.29 is 19.4 Å². The number of anilines is 1. The summed E-state index contributed by atoms with van der Waals surface area (Å²) in [5.74, 6) is -1.20. The third-order valence-corrected chi connectivity index (χ3v) is 5.66. The van der Waals surface area contributed by atoms with E-state index in [1.54, 1.807) is 31.2 Å². The van der Waals surface area contributed by atoms with Gasteiger partial charge in [-0.2, -0.15) is 0 Å². The van der Waals surface area contributed by atoms with Gasteiger partial charge in [-0.25, -0.2) is 0 Å².